The Kier molecular flexibility index (Phi) is 13.4. The lowest BCUT2D eigenvalue weighted by atomic mass is 10.0. The van der Waals surface area contributed by atoms with Crippen LogP contribution in [0.2, 0.25) is 0 Å². The Labute approximate surface area is 259 Å². The van der Waals surface area contributed by atoms with Crippen LogP contribution in [0, 0.1) is 0 Å². The number of amides is 3. The predicted octanol–water partition coefficient (Wildman–Crippen LogP) is 5.54. The van der Waals surface area contributed by atoms with Crippen molar-refractivity contribution in [3.63, 3.8) is 0 Å². The molecule has 2 aromatic carbocycles. The molecule has 2 rings (SSSR count). The first-order chi connectivity index (χ1) is 20.5. The summed E-state index contributed by atoms with van der Waals surface area (Å²) in [5, 5.41) is 3.74. The summed E-state index contributed by atoms with van der Waals surface area (Å²) in [6.07, 6.45) is 0.804. The molecule has 11 nitrogen and oxygen atoms in total. The summed E-state index contributed by atoms with van der Waals surface area (Å²) < 4.78 is 15.2. The van der Waals surface area contributed by atoms with Crippen molar-refractivity contribution in [1.29, 1.82) is 0 Å². The quantitative estimate of drug-likeness (QED) is 0.138. The van der Waals surface area contributed by atoms with E-state index >= 15 is 0 Å². The third-order valence-corrected chi connectivity index (χ3v) is 5.98. The lowest BCUT2D eigenvalue weighted by molar-refractivity contribution is -0.142. The van der Waals surface area contributed by atoms with Crippen molar-refractivity contribution in [2.75, 3.05) is 19.0 Å². The van der Waals surface area contributed by atoms with E-state index in [0.717, 1.165) is 21.7 Å². The molecule has 0 spiro atoms. The number of nitrogens with zero attached hydrogens (tertiary/aromatic N) is 1. The van der Waals surface area contributed by atoms with Gasteiger partial charge in [0.2, 0.25) is 5.91 Å². The number of carbonyl (C=O) groups excluding carboxylic acids is 5. The normalized spacial score (nSPS) is 11.2. The molecule has 0 aromatic heterocycles. The van der Waals surface area contributed by atoms with E-state index in [1.807, 2.05) is 36.4 Å². The Morgan fingerprint density at radius 3 is 1.86 bits per heavy atom. The molecule has 11 heteroatoms. The van der Waals surface area contributed by atoms with Gasteiger partial charge in [-0.3, -0.25) is 14.4 Å². The third-order valence-electron chi connectivity index (χ3n) is 5.98. The van der Waals surface area contributed by atoms with E-state index in [1.165, 1.54) is 7.11 Å². The minimum atomic E-state index is -0.754. The van der Waals surface area contributed by atoms with Crippen molar-refractivity contribution < 1.29 is 38.2 Å². The van der Waals surface area contributed by atoms with E-state index in [2.05, 4.69) is 15.5 Å². The highest BCUT2D eigenvalue weighted by Gasteiger charge is 2.26. The van der Waals surface area contributed by atoms with Gasteiger partial charge in [-0.2, -0.15) is 0 Å². The molecular formula is C33H45N3O8. The number of carbonyl (C=O) groups is 5. The number of hydrazine groups is 1. The van der Waals surface area contributed by atoms with Gasteiger partial charge in [0.15, 0.2) is 0 Å². The van der Waals surface area contributed by atoms with E-state index in [4.69, 9.17) is 9.47 Å². The molecule has 0 saturated heterocycles. The van der Waals surface area contributed by atoms with Crippen molar-refractivity contribution >= 4 is 35.5 Å². The highest BCUT2D eigenvalue weighted by molar-refractivity contribution is 6.01. The molecule has 2 aromatic rings. The van der Waals surface area contributed by atoms with Gasteiger partial charge in [-0.05, 0) is 89.6 Å². The summed E-state index contributed by atoms with van der Waals surface area (Å²) in [6, 6.07) is 14.8. The fourth-order valence-corrected chi connectivity index (χ4v) is 3.95. The van der Waals surface area contributed by atoms with E-state index in [0.29, 0.717) is 37.8 Å². The van der Waals surface area contributed by atoms with Crippen molar-refractivity contribution in [2.24, 2.45) is 0 Å². The molecule has 3 amide bonds. The molecule has 0 radical (unpaired) electrons. The van der Waals surface area contributed by atoms with Crippen molar-refractivity contribution in [3.05, 3.63) is 65.2 Å². The molecule has 0 aliphatic rings. The number of hydrogen-bond donors (Lipinski definition) is 2. The van der Waals surface area contributed by atoms with Crippen LogP contribution in [-0.2, 0) is 47.9 Å². The zero-order valence-corrected chi connectivity index (χ0v) is 26.8. The second kappa shape index (κ2) is 16.4. The van der Waals surface area contributed by atoms with Crippen LogP contribution in [0.15, 0.2) is 48.5 Å². The summed E-state index contributed by atoms with van der Waals surface area (Å²) in [5.41, 5.74) is 4.44. The fourth-order valence-electron chi connectivity index (χ4n) is 3.95. The molecule has 0 unspecified atom stereocenters. The fraction of sp³-hybridized carbons (Fsp3) is 0.485. The number of ether oxygens (including phenoxy) is 3. The van der Waals surface area contributed by atoms with Crippen LogP contribution in [0.1, 0.15) is 77.5 Å². The van der Waals surface area contributed by atoms with Crippen molar-refractivity contribution in [2.45, 2.75) is 91.3 Å². The van der Waals surface area contributed by atoms with E-state index < -0.39 is 35.3 Å². The largest absolute Gasteiger partial charge is 0.469 e. The maximum atomic E-state index is 12.7. The highest BCUT2D eigenvalue weighted by atomic mass is 16.6. The molecule has 0 heterocycles. The number of esters is 1. The van der Waals surface area contributed by atoms with Crippen molar-refractivity contribution in [1.82, 2.24) is 10.4 Å². The predicted molar refractivity (Wildman–Crippen MR) is 166 cm³/mol. The molecule has 0 bridgehead atoms. The maximum Gasteiger partial charge on any atom is 0.429 e. The van der Waals surface area contributed by atoms with Gasteiger partial charge in [-0.1, -0.05) is 36.4 Å². The number of rotatable bonds is 12. The second-order valence-corrected chi connectivity index (χ2v) is 12.4. The number of ketones is 1. The Morgan fingerprint density at radius 1 is 0.750 bits per heavy atom. The molecular weight excluding hydrogens is 566 g/mol. The first-order valence-electron chi connectivity index (χ1n) is 14.6. The van der Waals surface area contributed by atoms with Gasteiger partial charge in [0.05, 0.1) is 13.7 Å². The molecule has 240 valence electrons. The summed E-state index contributed by atoms with van der Waals surface area (Å²) in [6.45, 7) is 10.6. The molecule has 44 heavy (non-hydrogen) atoms. The van der Waals surface area contributed by atoms with Crippen LogP contribution in [0.4, 0.5) is 15.3 Å². The van der Waals surface area contributed by atoms with Gasteiger partial charge in [0, 0.05) is 18.5 Å². The number of methoxy groups -OCH3 is 1. The van der Waals surface area contributed by atoms with Gasteiger partial charge >= 0.3 is 18.2 Å². The molecule has 0 atom stereocenters. The zero-order chi connectivity index (χ0) is 32.9. The summed E-state index contributed by atoms with van der Waals surface area (Å²) in [7, 11) is 1.23. The Bertz CT molecular complexity index is 1280. The van der Waals surface area contributed by atoms with Gasteiger partial charge < -0.3 is 19.5 Å². The Hall–Kier alpha value is -4.41. The van der Waals surface area contributed by atoms with Crippen LogP contribution in [0.5, 0.6) is 0 Å². The minimum absolute atomic E-state index is 0.127. The van der Waals surface area contributed by atoms with Crippen LogP contribution in [-0.4, -0.2) is 59.7 Å². The Balaban J connectivity index is 1.83. The number of anilines is 1. The minimum Gasteiger partial charge on any atom is -0.469 e. The number of Topliss-reactive ketones (excluding diaryl/α,β-unsaturated/α-hetero) is 1. The number of aryl methyl sites for hydroxylation is 1. The summed E-state index contributed by atoms with van der Waals surface area (Å²) >= 11 is 0. The lowest BCUT2D eigenvalue weighted by Crippen LogP contribution is -2.50. The monoisotopic (exact) mass is 611 g/mol. The van der Waals surface area contributed by atoms with E-state index in [9.17, 15) is 24.0 Å². The van der Waals surface area contributed by atoms with Gasteiger partial charge in [-0.25, -0.2) is 20.0 Å². The van der Waals surface area contributed by atoms with Gasteiger partial charge in [0.25, 0.3) is 0 Å². The number of nitrogens with one attached hydrogen (secondary N) is 2. The second-order valence-electron chi connectivity index (χ2n) is 12.4. The van der Waals surface area contributed by atoms with Gasteiger partial charge in [-0.15, -0.1) is 0 Å². The van der Waals surface area contributed by atoms with E-state index in [-0.39, 0.29) is 18.7 Å². The molecule has 0 aliphatic heterocycles. The maximum absolute atomic E-state index is 12.7. The molecule has 0 aliphatic carbocycles. The zero-order valence-electron chi connectivity index (χ0n) is 26.8. The molecule has 0 saturated carbocycles. The SMILES string of the molecule is COC(=O)CC(=O)Nc1ccc(CCCC(=O)Cc2ccc(CCN(NC(=O)OC(C)(C)C)C(=O)OC(C)(C)C)cc2)cc1. The number of hydrogen-bond acceptors (Lipinski definition) is 8. The average molecular weight is 612 g/mol. The standard InChI is InChI=1S/C33H45N3O8/c1-32(2,3)43-30(40)35-36(31(41)44-33(4,5)6)20-19-24-11-13-25(14-12-24)21-27(37)10-8-9-23-15-17-26(18-16-23)34-28(38)22-29(39)42-7/h11-18H,8-10,19-22H2,1-7H3,(H,34,38)(H,35,40). The summed E-state index contributed by atoms with van der Waals surface area (Å²) in [4.78, 5) is 60.6. The van der Waals surface area contributed by atoms with Crippen LogP contribution in [0.25, 0.3) is 0 Å². The van der Waals surface area contributed by atoms with Crippen LogP contribution >= 0.6 is 0 Å². The topological polar surface area (TPSA) is 140 Å². The molecule has 2 N–H and O–H groups in total. The highest BCUT2D eigenvalue weighted by Crippen LogP contribution is 2.15. The first kappa shape index (κ1) is 35.8. The van der Waals surface area contributed by atoms with Crippen LogP contribution < -0.4 is 10.7 Å². The molecule has 0 fully saturated rings. The average Bonchev–Trinajstić information content (AvgIpc) is 2.90. The van der Waals surface area contributed by atoms with E-state index in [1.54, 1.807) is 53.7 Å². The lowest BCUT2D eigenvalue weighted by Gasteiger charge is -2.28. The van der Waals surface area contributed by atoms with Gasteiger partial charge in [0.1, 0.15) is 23.4 Å². The van der Waals surface area contributed by atoms with Crippen molar-refractivity contribution in [3.8, 4) is 0 Å². The van der Waals surface area contributed by atoms with Crippen LogP contribution in [0.3, 0.4) is 0 Å². The summed E-state index contributed by atoms with van der Waals surface area (Å²) in [5.74, 6) is -0.917. The third kappa shape index (κ3) is 14.7. The smallest absolute Gasteiger partial charge is 0.429 e. The first-order valence-corrected chi connectivity index (χ1v) is 14.6. The number of benzene rings is 2. The Morgan fingerprint density at radius 2 is 1.30 bits per heavy atom.